The number of ether oxygens (including phenoxy) is 1. The van der Waals surface area contributed by atoms with Gasteiger partial charge in [-0.1, -0.05) is 24.3 Å². The number of allylic oxidation sites excluding steroid dienone is 2. The van der Waals surface area contributed by atoms with Gasteiger partial charge in [0.05, 0.1) is 23.2 Å². The average molecular weight is 411 g/mol. The second kappa shape index (κ2) is 7.74. The number of imide groups is 1. The summed E-state index contributed by atoms with van der Waals surface area (Å²) in [7, 11) is 0. The maximum atomic E-state index is 12.6. The van der Waals surface area contributed by atoms with Crippen molar-refractivity contribution in [2.45, 2.75) is 25.8 Å². The largest absolute Gasteiger partial charge is 0.454 e. The Kier molecular flexibility index (Phi) is 5.11. The third-order valence-electron chi connectivity index (χ3n) is 5.68. The zero-order valence-corrected chi connectivity index (χ0v) is 16.4. The predicted octanol–water partition coefficient (Wildman–Crippen LogP) is 0.855. The Bertz CT molecular complexity index is 945. The lowest BCUT2D eigenvalue weighted by Gasteiger charge is -2.29. The Hall–Kier alpha value is -3.49. The average Bonchev–Trinajstić information content (AvgIpc) is 3.01. The molecule has 4 rings (SSSR count). The number of esters is 1. The molecule has 2 heterocycles. The lowest BCUT2D eigenvalue weighted by molar-refractivity contribution is -0.159. The number of likely N-dealkylation sites (tertiary alicyclic amines) is 1. The molecule has 3 atom stereocenters. The summed E-state index contributed by atoms with van der Waals surface area (Å²) in [6.45, 7) is 0.620. The van der Waals surface area contributed by atoms with Crippen LogP contribution >= 0.6 is 0 Å². The number of nitrogens with one attached hydrogen (secondary N) is 1. The summed E-state index contributed by atoms with van der Waals surface area (Å²) in [6, 6.07) is 5.67. The van der Waals surface area contributed by atoms with Crippen molar-refractivity contribution < 1.29 is 28.7 Å². The second-order valence-corrected chi connectivity index (χ2v) is 7.53. The van der Waals surface area contributed by atoms with E-state index >= 15 is 0 Å². The van der Waals surface area contributed by atoms with E-state index in [4.69, 9.17) is 4.74 Å². The molecule has 3 aliphatic rings. The Labute approximate surface area is 172 Å². The SMILES string of the molecule is C[C@@H](C(=O)OCC(=O)N1CC(=O)Nc2ccccc21)N1C(=O)[C@H]2CC=CC[C@@H]2C1=O. The number of hydrogen-bond donors (Lipinski definition) is 1. The molecule has 9 heteroatoms. The first-order valence-corrected chi connectivity index (χ1v) is 9.76. The number of anilines is 2. The van der Waals surface area contributed by atoms with Gasteiger partial charge in [-0.3, -0.25) is 29.0 Å². The minimum atomic E-state index is -1.12. The molecule has 9 nitrogen and oxygen atoms in total. The standard InChI is InChI=1S/C21H21N3O6/c1-12(24-19(27)13-6-2-3-7-14(13)20(24)28)21(29)30-11-18(26)23-10-17(25)22-15-8-4-5-9-16(15)23/h2-5,8-9,12-14H,6-7,10-11H2,1H3,(H,22,25)/t12-,13-,14-/m0/s1. The molecular weight excluding hydrogens is 390 g/mol. The third kappa shape index (κ3) is 3.36. The first-order valence-electron chi connectivity index (χ1n) is 9.76. The molecule has 0 saturated carbocycles. The summed E-state index contributed by atoms with van der Waals surface area (Å²) >= 11 is 0. The molecule has 156 valence electrons. The van der Waals surface area contributed by atoms with Gasteiger partial charge in [-0.2, -0.15) is 0 Å². The van der Waals surface area contributed by atoms with Gasteiger partial charge in [-0.15, -0.1) is 0 Å². The molecule has 2 aliphatic heterocycles. The molecule has 0 spiro atoms. The predicted molar refractivity (Wildman–Crippen MR) is 105 cm³/mol. The molecule has 1 fully saturated rings. The van der Waals surface area contributed by atoms with Crippen LogP contribution in [0.3, 0.4) is 0 Å². The number of para-hydroxylation sites is 2. The third-order valence-corrected chi connectivity index (χ3v) is 5.68. The maximum Gasteiger partial charge on any atom is 0.329 e. The van der Waals surface area contributed by atoms with Crippen molar-refractivity contribution >= 4 is 41.0 Å². The van der Waals surface area contributed by atoms with Crippen molar-refractivity contribution in [3.8, 4) is 0 Å². The molecule has 1 N–H and O–H groups in total. The van der Waals surface area contributed by atoms with Crippen molar-refractivity contribution in [2.24, 2.45) is 11.8 Å². The zero-order valence-electron chi connectivity index (χ0n) is 16.4. The Balaban J connectivity index is 1.40. The minimum Gasteiger partial charge on any atom is -0.454 e. The van der Waals surface area contributed by atoms with Crippen molar-refractivity contribution in [2.75, 3.05) is 23.4 Å². The highest BCUT2D eigenvalue weighted by Gasteiger charge is 2.50. The fourth-order valence-electron chi connectivity index (χ4n) is 4.10. The van der Waals surface area contributed by atoms with Crippen LogP contribution in [0.2, 0.25) is 0 Å². The van der Waals surface area contributed by atoms with Crippen LogP contribution < -0.4 is 10.2 Å². The van der Waals surface area contributed by atoms with E-state index < -0.39 is 36.4 Å². The summed E-state index contributed by atoms with van der Waals surface area (Å²) in [5, 5.41) is 2.67. The van der Waals surface area contributed by atoms with E-state index in [1.165, 1.54) is 11.8 Å². The van der Waals surface area contributed by atoms with Crippen LogP contribution in [-0.4, -0.2) is 53.7 Å². The van der Waals surface area contributed by atoms with Crippen LogP contribution in [0.1, 0.15) is 19.8 Å². The quantitative estimate of drug-likeness (QED) is 0.447. The van der Waals surface area contributed by atoms with Gasteiger partial charge in [0, 0.05) is 0 Å². The van der Waals surface area contributed by atoms with Crippen LogP contribution in [0.25, 0.3) is 0 Å². The topological polar surface area (TPSA) is 113 Å². The summed E-state index contributed by atoms with van der Waals surface area (Å²) in [6.07, 6.45) is 4.68. The summed E-state index contributed by atoms with van der Waals surface area (Å²) in [5.74, 6) is -3.42. The van der Waals surface area contributed by atoms with Crippen molar-refractivity contribution in [3.63, 3.8) is 0 Å². The van der Waals surface area contributed by atoms with Gasteiger partial charge in [-0.05, 0) is 31.9 Å². The summed E-state index contributed by atoms with van der Waals surface area (Å²) < 4.78 is 5.11. The molecule has 1 saturated heterocycles. The van der Waals surface area contributed by atoms with E-state index in [9.17, 15) is 24.0 Å². The van der Waals surface area contributed by atoms with Gasteiger partial charge in [0.2, 0.25) is 17.7 Å². The number of rotatable bonds is 4. The van der Waals surface area contributed by atoms with Gasteiger partial charge >= 0.3 is 5.97 Å². The maximum absolute atomic E-state index is 12.6. The number of nitrogens with zero attached hydrogens (tertiary/aromatic N) is 2. The van der Waals surface area contributed by atoms with Crippen molar-refractivity contribution in [1.82, 2.24) is 4.90 Å². The number of amides is 4. The molecule has 0 bridgehead atoms. The molecule has 1 aromatic rings. The van der Waals surface area contributed by atoms with Gasteiger partial charge < -0.3 is 10.1 Å². The summed E-state index contributed by atoms with van der Waals surface area (Å²) in [4.78, 5) is 64.3. The van der Waals surface area contributed by atoms with Crippen molar-refractivity contribution in [3.05, 3.63) is 36.4 Å². The fraction of sp³-hybridized carbons (Fsp3) is 0.381. The van der Waals surface area contributed by atoms with Crippen molar-refractivity contribution in [1.29, 1.82) is 0 Å². The van der Waals surface area contributed by atoms with E-state index in [2.05, 4.69) is 5.32 Å². The molecule has 0 unspecified atom stereocenters. The highest BCUT2D eigenvalue weighted by molar-refractivity contribution is 6.11. The Morgan fingerprint density at radius 3 is 2.40 bits per heavy atom. The lowest BCUT2D eigenvalue weighted by atomic mass is 9.85. The fourth-order valence-corrected chi connectivity index (χ4v) is 4.10. The van der Waals surface area contributed by atoms with Gasteiger partial charge in [0.1, 0.15) is 12.6 Å². The molecular formula is C21H21N3O6. The highest BCUT2D eigenvalue weighted by atomic mass is 16.5. The first-order chi connectivity index (χ1) is 14.4. The molecule has 0 aromatic heterocycles. The molecule has 1 aliphatic carbocycles. The normalized spacial score (nSPS) is 23.6. The van der Waals surface area contributed by atoms with Crippen LogP contribution in [0.4, 0.5) is 11.4 Å². The second-order valence-electron chi connectivity index (χ2n) is 7.53. The number of hydrogen-bond acceptors (Lipinski definition) is 6. The van der Waals surface area contributed by atoms with E-state index in [-0.39, 0.29) is 24.3 Å². The van der Waals surface area contributed by atoms with Gasteiger partial charge in [-0.25, -0.2) is 4.79 Å². The monoisotopic (exact) mass is 411 g/mol. The van der Waals surface area contributed by atoms with Crippen LogP contribution in [0.15, 0.2) is 36.4 Å². The summed E-state index contributed by atoms with van der Waals surface area (Å²) in [5.41, 5.74) is 0.999. The number of carbonyl (C=O) groups excluding carboxylic acids is 5. The van der Waals surface area contributed by atoms with Gasteiger partial charge in [0.15, 0.2) is 6.61 Å². The first kappa shape index (κ1) is 19.8. The number of carbonyl (C=O) groups is 5. The molecule has 30 heavy (non-hydrogen) atoms. The Morgan fingerprint density at radius 1 is 1.10 bits per heavy atom. The van der Waals surface area contributed by atoms with Gasteiger partial charge in [0.25, 0.3) is 5.91 Å². The van der Waals surface area contributed by atoms with E-state index in [0.29, 0.717) is 24.2 Å². The molecule has 4 amide bonds. The van der Waals surface area contributed by atoms with E-state index in [1.807, 2.05) is 12.2 Å². The minimum absolute atomic E-state index is 0.192. The zero-order chi connectivity index (χ0) is 21.4. The van der Waals surface area contributed by atoms with Crippen LogP contribution in [-0.2, 0) is 28.7 Å². The lowest BCUT2D eigenvalue weighted by Crippen LogP contribution is -2.47. The Morgan fingerprint density at radius 2 is 1.73 bits per heavy atom. The van der Waals surface area contributed by atoms with Crippen LogP contribution in [0.5, 0.6) is 0 Å². The number of benzene rings is 1. The van der Waals surface area contributed by atoms with Crippen LogP contribution in [0, 0.1) is 11.8 Å². The van der Waals surface area contributed by atoms with E-state index in [1.54, 1.807) is 24.3 Å². The smallest absolute Gasteiger partial charge is 0.329 e. The number of fused-ring (bicyclic) bond motifs is 2. The van der Waals surface area contributed by atoms with E-state index in [0.717, 1.165) is 4.90 Å². The molecule has 0 radical (unpaired) electrons. The molecule has 1 aromatic carbocycles. The highest BCUT2D eigenvalue weighted by Crippen LogP contribution is 2.36.